The zero-order chi connectivity index (χ0) is 32.0. The summed E-state index contributed by atoms with van der Waals surface area (Å²) < 4.78 is 21.8. The number of unbranched alkanes of at least 4 members (excludes halogenated alkanes) is 12. The van der Waals surface area contributed by atoms with Gasteiger partial charge in [-0.05, 0) is 51.4 Å². The van der Waals surface area contributed by atoms with Crippen LogP contribution in [0.25, 0.3) is 0 Å². The fourth-order valence-corrected chi connectivity index (χ4v) is 5.16. The highest BCUT2D eigenvalue weighted by atomic mass is 31.2. The largest absolute Gasteiger partial charge is 0.472 e. The number of nitrogens with two attached hydrogens (primary N) is 1. The third-order valence-electron chi connectivity index (χ3n) is 6.99. The highest BCUT2D eigenvalue weighted by molar-refractivity contribution is 7.47. The second-order valence-electron chi connectivity index (χ2n) is 11.2. The number of allylic oxidation sites excluding steroid dienone is 5. The van der Waals surface area contributed by atoms with Crippen LogP contribution in [0.1, 0.15) is 129 Å². The first-order valence-electron chi connectivity index (χ1n) is 16.7. The van der Waals surface area contributed by atoms with E-state index < -0.39 is 38.6 Å². The zero-order valence-electron chi connectivity index (χ0n) is 27.0. The minimum atomic E-state index is -4.40. The van der Waals surface area contributed by atoms with E-state index in [-0.39, 0.29) is 19.6 Å². The van der Waals surface area contributed by atoms with Gasteiger partial charge in [-0.3, -0.25) is 13.8 Å². The van der Waals surface area contributed by atoms with Crippen LogP contribution in [0.5, 0.6) is 0 Å². The molecule has 0 bridgehead atoms. The Bertz CT molecular complexity index is 791. The van der Waals surface area contributed by atoms with E-state index in [1.54, 1.807) is 6.08 Å². The number of nitrogens with one attached hydrogen (secondary N) is 1. The predicted octanol–water partition coefficient (Wildman–Crippen LogP) is 7.02. The van der Waals surface area contributed by atoms with Gasteiger partial charge in [0.05, 0.1) is 37.9 Å². The molecule has 0 aromatic rings. The summed E-state index contributed by atoms with van der Waals surface area (Å²) in [4.78, 5) is 22.5. The molecule has 0 aromatic heterocycles. The molecule has 0 heterocycles. The summed E-state index contributed by atoms with van der Waals surface area (Å²) in [6.45, 7) is 3.82. The molecule has 0 saturated carbocycles. The van der Waals surface area contributed by atoms with Crippen molar-refractivity contribution in [3.63, 3.8) is 0 Å². The summed E-state index contributed by atoms with van der Waals surface area (Å²) in [6.07, 6.45) is 28.2. The second kappa shape index (κ2) is 29.4. The van der Waals surface area contributed by atoms with Crippen LogP contribution in [0.4, 0.5) is 0 Å². The van der Waals surface area contributed by atoms with Crippen molar-refractivity contribution in [1.29, 1.82) is 0 Å². The topological polar surface area (TPSA) is 151 Å². The molecular formula is C33H63N2O7P. The van der Waals surface area contributed by atoms with E-state index in [9.17, 15) is 24.5 Å². The molecule has 0 rings (SSSR count). The summed E-state index contributed by atoms with van der Waals surface area (Å²) in [5, 5.41) is 23.7. The lowest BCUT2D eigenvalue weighted by Crippen LogP contribution is -2.46. The Balaban J connectivity index is 4.64. The number of carbonyl (C=O) groups is 1. The first-order chi connectivity index (χ1) is 20.8. The molecule has 0 spiro atoms. The molecule has 0 saturated heterocycles. The van der Waals surface area contributed by atoms with Gasteiger partial charge in [-0.1, -0.05) is 108 Å². The van der Waals surface area contributed by atoms with Gasteiger partial charge < -0.3 is 26.2 Å². The fourth-order valence-electron chi connectivity index (χ4n) is 4.40. The van der Waals surface area contributed by atoms with E-state index in [1.165, 1.54) is 57.8 Å². The smallest absolute Gasteiger partial charge is 0.393 e. The average Bonchev–Trinajstić information content (AvgIpc) is 2.97. The highest BCUT2D eigenvalue weighted by Crippen LogP contribution is 2.43. The quantitative estimate of drug-likeness (QED) is 0.0323. The molecule has 0 aliphatic heterocycles. The van der Waals surface area contributed by atoms with Gasteiger partial charge in [0.1, 0.15) is 0 Å². The second-order valence-corrected chi connectivity index (χ2v) is 12.6. The molecule has 0 aliphatic rings. The Labute approximate surface area is 262 Å². The summed E-state index contributed by atoms with van der Waals surface area (Å²) in [5.74, 6) is -0.475. The number of aliphatic hydroxyl groups is 2. The molecule has 0 aromatic carbocycles. The van der Waals surface area contributed by atoms with E-state index in [0.717, 1.165) is 38.5 Å². The minimum absolute atomic E-state index is 0.0416. The maximum atomic E-state index is 12.6. The number of hydrogen-bond acceptors (Lipinski definition) is 7. The van der Waals surface area contributed by atoms with Crippen molar-refractivity contribution >= 4 is 13.7 Å². The SMILES string of the molecule is CCCC/C=C\CCCCC(O)CC(=O)NC(COP(=O)(O)OCCN)C(O)/C=C/CC/C=C/CCCCCCCCC. The van der Waals surface area contributed by atoms with Crippen LogP contribution >= 0.6 is 7.82 Å². The number of carbonyl (C=O) groups excluding carboxylic acids is 1. The molecule has 9 nitrogen and oxygen atoms in total. The number of phosphoric acid groups is 1. The third kappa shape index (κ3) is 27.9. The van der Waals surface area contributed by atoms with Crippen molar-refractivity contribution in [2.75, 3.05) is 19.8 Å². The number of aliphatic hydroxyl groups excluding tert-OH is 2. The van der Waals surface area contributed by atoms with Crippen LogP contribution < -0.4 is 11.1 Å². The summed E-state index contributed by atoms with van der Waals surface area (Å²) in [5.41, 5.74) is 5.32. The van der Waals surface area contributed by atoms with E-state index in [4.69, 9.17) is 14.8 Å². The van der Waals surface area contributed by atoms with Crippen molar-refractivity contribution in [2.45, 2.75) is 148 Å². The van der Waals surface area contributed by atoms with E-state index in [0.29, 0.717) is 12.8 Å². The van der Waals surface area contributed by atoms with Gasteiger partial charge in [-0.25, -0.2) is 4.57 Å². The van der Waals surface area contributed by atoms with E-state index in [2.05, 4.69) is 43.5 Å². The van der Waals surface area contributed by atoms with Crippen LogP contribution in [0.3, 0.4) is 0 Å². The lowest BCUT2D eigenvalue weighted by molar-refractivity contribution is -0.124. The van der Waals surface area contributed by atoms with Crippen LogP contribution in [0.2, 0.25) is 0 Å². The van der Waals surface area contributed by atoms with Gasteiger partial charge in [0.15, 0.2) is 0 Å². The van der Waals surface area contributed by atoms with Gasteiger partial charge in [-0.2, -0.15) is 0 Å². The highest BCUT2D eigenvalue weighted by Gasteiger charge is 2.27. The van der Waals surface area contributed by atoms with Gasteiger partial charge >= 0.3 is 7.82 Å². The van der Waals surface area contributed by atoms with Crippen molar-refractivity contribution in [3.05, 3.63) is 36.5 Å². The van der Waals surface area contributed by atoms with E-state index in [1.807, 2.05) is 6.08 Å². The monoisotopic (exact) mass is 630 g/mol. The Morgan fingerprint density at radius 1 is 0.791 bits per heavy atom. The van der Waals surface area contributed by atoms with Crippen molar-refractivity contribution in [2.24, 2.45) is 5.73 Å². The minimum Gasteiger partial charge on any atom is -0.393 e. The molecule has 0 radical (unpaired) electrons. The van der Waals surface area contributed by atoms with Crippen molar-refractivity contribution in [1.82, 2.24) is 5.32 Å². The molecule has 0 aliphatic carbocycles. The maximum absolute atomic E-state index is 12.6. The van der Waals surface area contributed by atoms with Crippen LogP contribution in [0, 0.1) is 0 Å². The Kier molecular flexibility index (Phi) is 28.5. The predicted molar refractivity (Wildman–Crippen MR) is 177 cm³/mol. The first-order valence-corrected chi connectivity index (χ1v) is 18.2. The fraction of sp³-hybridized carbons (Fsp3) is 0.788. The molecule has 4 atom stereocenters. The lowest BCUT2D eigenvalue weighted by atomic mass is 10.1. The summed E-state index contributed by atoms with van der Waals surface area (Å²) in [6, 6.07) is -1.00. The zero-order valence-corrected chi connectivity index (χ0v) is 27.9. The summed E-state index contributed by atoms with van der Waals surface area (Å²) in [7, 11) is -4.40. The van der Waals surface area contributed by atoms with Gasteiger partial charge in [0.2, 0.25) is 5.91 Å². The summed E-state index contributed by atoms with van der Waals surface area (Å²) >= 11 is 0. The number of amides is 1. The maximum Gasteiger partial charge on any atom is 0.472 e. The van der Waals surface area contributed by atoms with Gasteiger partial charge in [0, 0.05) is 6.54 Å². The van der Waals surface area contributed by atoms with Crippen LogP contribution in [-0.2, 0) is 18.4 Å². The van der Waals surface area contributed by atoms with Crippen molar-refractivity contribution < 1.29 is 33.5 Å². The van der Waals surface area contributed by atoms with Gasteiger partial charge in [0.25, 0.3) is 0 Å². The lowest BCUT2D eigenvalue weighted by Gasteiger charge is -2.24. The average molecular weight is 631 g/mol. The van der Waals surface area contributed by atoms with E-state index >= 15 is 0 Å². The third-order valence-corrected chi connectivity index (χ3v) is 7.98. The molecule has 6 N–H and O–H groups in total. The number of phosphoric ester groups is 1. The molecule has 1 amide bonds. The van der Waals surface area contributed by atoms with Crippen LogP contribution in [-0.4, -0.2) is 59.0 Å². The number of rotatable bonds is 30. The van der Waals surface area contributed by atoms with Gasteiger partial charge in [-0.15, -0.1) is 0 Å². The molecule has 43 heavy (non-hydrogen) atoms. The normalized spacial score (nSPS) is 15.8. The molecule has 10 heteroatoms. The van der Waals surface area contributed by atoms with Crippen LogP contribution in [0.15, 0.2) is 36.5 Å². The molecular weight excluding hydrogens is 567 g/mol. The Morgan fingerprint density at radius 2 is 1.35 bits per heavy atom. The Hall–Kier alpha value is -1.32. The Morgan fingerprint density at radius 3 is 2.00 bits per heavy atom. The first kappa shape index (κ1) is 41.7. The van der Waals surface area contributed by atoms with Crippen molar-refractivity contribution in [3.8, 4) is 0 Å². The number of hydrogen-bond donors (Lipinski definition) is 5. The molecule has 4 unspecified atom stereocenters. The molecule has 0 fully saturated rings. The standard InChI is InChI=1S/C33H63N2O7P/c1-3-5-7-9-11-13-14-15-16-17-19-21-23-25-32(37)31(29-42-43(39,40)41-27-26-34)35-33(38)28-30(36)24-22-20-18-12-10-8-6-4-2/h10,12,16-17,23,25,30-32,36-37H,3-9,11,13-15,18-22,24,26-29,34H2,1-2H3,(H,35,38)(H,39,40)/b12-10-,17-16+,25-23+. The molecule has 252 valence electrons.